The molecule has 0 aliphatic heterocycles. The average molecular weight is 477 g/mol. The highest BCUT2D eigenvalue weighted by Crippen LogP contribution is 2.38. The normalized spacial score (nSPS) is 10.4. The Kier molecular flexibility index (Phi) is 8.06. The first kappa shape index (κ1) is 23.0. The predicted octanol–water partition coefficient (Wildman–Crippen LogP) is 4.43. The van der Waals surface area contributed by atoms with Gasteiger partial charge in [0.25, 0.3) is 0 Å². The largest absolute Gasteiger partial charge is 0.493 e. The van der Waals surface area contributed by atoms with Crippen molar-refractivity contribution < 1.29 is 33.3 Å². The first-order chi connectivity index (χ1) is 14.3. The molecule has 0 heterocycles. The van der Waals surface area contributed by atoms with Crippen LogP contribution in [-0.4, -0.2) is 40.2 Å². The van der Waals surface area contributed by atoms with Crippen molar-refractivity contribution in [2.24, 2.45) is 0 Å². The molecule has 0 bridgehead atoms. The Balaban J connectivity index is 2.32. The number of ketones is 1. The predicted molar refractivity (Wildman–Crippen MR) is 116 cm³/mol. The highest BCUT2D eigenvalue weighted by Gasteiger charge is 2.16. The fourth-order valence-corrected chi connectivity index (χ4v) is 2.60. The number of hydrogen-bond acceptors (Lipinski definition) is 7. The summed E-state index contributed by atoms with van der Waals surface area (Å²) in [4.78, 5) is 24.4. The monoisotopic (exact) mass is 476 g/mol. The fourth-order valence-electron chi connectivity index (χ4n) is 2.52. The lowest BCUT2D eigenvalue weighted by molar-refractivity contribution is -0.129. The molecule has 0 saturated carbocycles. The number of carbonyl (C=O) groups is 2. The van der Waals surface area contributed by atoms with E-state index in [0.29, 0.717) is 34.1 Å². The maximum absolute atomic E-state index is 12.7. The zero-order valence-electron chi connectivity index (χ0n) is 17.0. The molecule has 7 nitrogen and oxygen atoms in total. The number of carbonyl (C=O) groups excluding carboxylic acids is 2. The summed E-state index contributed by atoms with van der Waals surface area (Å²) in [5.41, 5.74) is 0.982. The molecule has 0 unspecified atom stereocenters. The van der Waals surface area contributed by atoms with Crippen LogP contribution < -0.4 is 23.7 Å². The second kappa shape index (κ2) is 10.5. The van der Waals surface area contributed by atoms with Crippen molar-refractivity contribution in [2.75, 3.05) is 28.4 Å². The molecule has 0 fully saturated rings. The number of halogens is 1. The minimum atomic E-state index is -0.650. The van der Waals surface area contributed by atoms with E-state index >= 15 is 0 Å². The zero-order chi connectivity index (χ0) is 22.3. The number of esters is 1. The Hall–Kier alpha value is -3.26. The van der Waals surface area contributed by atoms with Gasteiger partial charge in [0, 0.05) is 5.56 Å². The highest BCUT2D eigenvalue weighted by atomic mass is 79.9. The van der Waals surface area contributed by atoms with Crippen molar-refractivity contribution in [2.45, 2.75) is 0 Å². The van der Waals surface area contributed by atoms with Gasteiger partial charge in [0.15, 0.2) is 28.8 Å². The van der Waals surface area contributed by atoms with Crippen LogP contribution in [-0.2, 0) is 4.79 Å². The molecule has 0 amide bonds. The zero-order valence-corrected chi connectivity index (χ0v) is 18.6. The molecule has 0 saturated heterocycles. The molecule has 0 N–H and O–H groups in total. The minimum absolute atomic E-state index is 0.0723. The number of methoxy groups -OCH3 is 4. The van der Waals surface area contributed by atoms with Gasteiger partial charge in [0.2, 0.25) is 5.75 Å². The molecule has 0 aromatic heterocycles. The summed E-state index contributed by atoms with van der Waals surface area (Å²) in [6.45, 7) is 3.48. The quantitative estimate of drug-likeness (QED) is 0.229. The SMILES string of the molecule is C=C(Br)C(=O)Oc1cc(/C=C/C(=O)c2cc(OC)c(OC)c(OC)c2)ccc1OC. The molecule has 0 aliphatic carbocycles. The van der Waals surface area contributed by atoms with Gasteiger partial charge < -0.3 is 23.7 Å². The summed E-state index contributed by atoms with van der Waals surface area (Å²) in [7, 11) is 5.90. The Morgan fingerprint density at radius 1 is 0.867 bits per heavy atom. The number of ether oxygens (including phenoxy) is 5. The summed E-state index contributed by atoms with van der Waals surface area (Å²) >= 11 is 2.97. The summed E-state index contributed by atoms with van der Waals surface area (Å²) < 4.78 is 26.3. The van der Waals surface area contributed by atoms with Crippen molar-refractivity contribution in [1.29, 1.82) is 0 Å². The van der Waals surface area contributed by atoms with Crippen molar-refractivity contribution in [3.8, 4) is 28.7 Å². The molecule has 8 heteroatoms. The van der Waals surface area contributed by atoms with Crippen LogP contribution in [0, 0.1) is 0 Å². The van der Waals surface area contributed by atoms with Crippen LogP contribution in [0.4, 0.5) is 0 Å². The van der Waals surface area contributed by atoms with E-state index in [1.165, 1.54) is 34.5 Å². The summed E-state index contributed by atoms with van der Waals surface area (Å²) in [5.74, 6) is 0.788. The molecular formula is C22H21BrO7. The molecule has 0 atom stereocenters. The third-order valence-electron chi connectivity index (χ3n) is 3.99. The van der Waals surface area contributed by atoms with Crippen molar-refractivity contribution in [3.05, 3.63) is 58.6 Å². The maximum atomic E-state index is 12.7. The van der Waals surface area contributed by atoms with Crippen molar-refractivity contribution >= 4 is 33.8 Å². The highest BCUT2D eigenvalue weighted by molar-refractivity contribution is 9.12. The topological polar surface area (TPSA) is 80.3 Å². The van der Waals surface area contributed by atoms with Gasteiger partial charge in [-0.15, -0.1) is 0 Å². The average Bonchev–Trinajstić information content (AvgIpc) is 2.76. The van der Waals surface area contributed by atoms with Crippen LogP contribution in [0.25, 0.3) is 6.08 Å². The van der Waals surface area contributed by atoms with E-state index in [9.17, 15) is 9.59 Å². The van der Waals surface area contributed by atoms with Crippen LogP contribution in [0.2, 0.25) is 0 Å². The molecule has 2 aromatic carbocycles. The first-order valence-electron chi connectivity index (χ1n) is 8.61. The van der Waals surface area contributed by atoms with Crippen LogP contribution in [0.5, 0.6) is 28.7 Å². The van der Waals surface area contributed by atoms with E-state index in [1.807, 2.05) is 0 Å². The Labute approximate surface area is 183 Å². The van der Waals surface area contributed by atoms with E-state index in [2.05, 4.69) is 22.5 Å². The van der Waals surface area contributed by atoms with Crippen molar-refractivity contribution in [1.82, 2.24) is 0 Å². The second-order valence-electron chi connectivity index (χ2n) is 5.82. The second-order valence-corrected chi connectivity index (χ2v) is 6.77. The lowest BCUT2D eigenvalue weighted by Gasteiger charge is -2.13. The van der Waals surface area contributed by atoms with Gasteiger partial charge >= 0.3 is 5.97 Å². The van der Waals surface area contributed by atoms with Crippen LogP contribution in [0.1, 0.15) is 15.9 Å². The van der Waals surface area contributed by atoms with Crippen LogP contribution in [0.3, 0.4) is 0 Å². The molecule has 2 rings (SSSR count). The summed E-state index contributed by atoms with van der Waals surface area (Å²) in [6, 6.07) is 8.06. The smallest absolute Gasteiger partial charge is 0.350 e. The Bertz CT molecular complexity index is 970. The van der Waals surface area contributed by atoms with Gasteiger partial charge in [-0.2, -0.15) is 0 Å². The standard InChI is InChI=1S/C22H21BrO7/c1-13(23)22(25)30-18-10-14(7-9-17(18)26-2)6-8-16(24)15-11-19(27-3)21(29-5)20(12-15)28-4/h6-12H,1H2,2-5H3/b8-6+. The number of benzene rings is 2. The van der Waals surface area contributed by atoms with Gasteiger partial charge in [0.1, 0.15) is 0 Å². The molecule has 0 spiro atoms. The third kappa shape index (κ3) is 5.42. The van der Waals surface area contributed by atoms with Gasteiger partial charge in [-0.05, 0) is 51.8 Å². The number of rotatable bonds is 9. The van der Waals surface area contributed by atoms with E-state index in [4.69, 9.17) is 23.7 Å². The van der Waals surface area contributed by atoms with E-state index in [-0.39, 0.29) is 16.0 Å². The lowest BCUT2D eigenvalue weighted by Crippen LogP contribution is -2.07. The third-order valence-corrected chi connectivity index (χ3v) is 4.31. The van der Waals surface area contributed by atoms with Crippen LogP contribution >= 0.6 is 15.9 Å². The van der Waals surface area contributed by atoms with Gasteiger partial charge in [-0.3, -0.25) is 4.79 Å². The van der Waals surface area contributed by atoms with Gasteiger partial charge in [-0.1, -0.05) is 18.7 Å². The van der Waals surface area contributed by atoms with E-state index in [0.717, 1.165) is 0 Å². The van der Waals surface area contributed by atoms with Gasteiger partial charge in [-0.25, -0.2) is 4.79 Å². The van der Waals surface area contributed by atoms with Gasteiger partial charge in [0.05, 0.1) is 32.9 Å². The fraction of sp³-hybridized carbons (Fsp3) is 0.182. The van der Waals surface area contributed by atoms with E-state index < -0.39 is 5.97 Å². The molecule has 158 valence electrons. The van der Waals surface area contributed by atoms with Crippen LogP contribution in [0.15, 0.2) is 47.5 Å². The minimum Gasteiger partial charge on any atom is -0.493 e. The number of hydrogen-bond donors (Lipinski definition) is 0. The first-order valence-corrected chi connectivity index (χ1v) is 9.40. The van der Waals surface area contributed by atoms with Crippen molar-refractivity contribution in [3.63, 3.8) is 0 Å². The summed E-state index contributed by atoms with van der Waals surface area (Å²) in [5, 5.41) is 0. The van der Waals surface area contributed by atoms with E-state index in [1.54, 1.807) is 36.4 Å². The Morgan fingerprint density at radius 3 is 1.97 bits per heavy atom. The maximum Gasteiger partial charge on any atom is 0.350 e. The Morgan fingerprint density at radius 2 is 1.47 bits per heavy atom. The summed E-state index contributed by atoms with van der Waals surface area (Å²) in [6.07, 6.45) is 2.97. The molecule has 2 aromatic rings. The molecular weight excluding hydrogens is 456 g/mol. The molecule has 0 aliphatic rings. The lowest BCUT2D eigenvalue weighted by atomic mass is 10.1. The molecule has 30 heavy (non-hydrogen) atoms. The molecule has 0 radical (unpaired) electrons. The number of allylic oxidation sites excluding steroid dienone is 1.